The SMILES string of the molecule is CC(C)N(C)CC(O)CC1N=C(c2ccncc2Cl)N(c2ccc(C(F)(F)F)cc2)C1=O. The normalized spacial score (nSPS) is 17.9. The van der Waals surface area contributed by atoms with Crippen LogP contribution < -0.4 is 4.90 Å². The summed E-state index contributed by atoms with van der Waals surface area (Å²) in [6.45, 7) is 4.32. The highest BCUT2D eigenvalue weighted by Gasteiger charge is 2.39. The Bertz CT molecular complexity index is 995. The van der Waals surface area contributed by atoms with Crippen molar-refractivity contribution in [1.82, 2.24) is 9.88 Å². The van der Waals surface area contributed by atoms with Gasteiger partial charge < -0.3 is 10.0 Å². The number of carbonyl (C=O) groups excluding carboxylic acids is 1. The van der Waals surface area contributed by atoms with E-state index >= 15 is 0 Å². The van der Waals surface area contributed by atoms with Gasteiger partial charge in [-0.3, -0.25) is 19.7 Å². The lowest BCUT2D eigenvalue weighted by Crippen LogP contribution is -2.39. The first-order valence-corrected chi connectivity index (χ1v) is 10.4. The minimum Gasteiger partial charge on any atom is -0.392 e. The van der Waals surface area contributed by atoms with Crippen molar-refractivity contribution in [1.29, 1.82) is 0 Å². The number of aliphatic hydroxyl groups is 1. The van der Waals surface area contributed by atoms with Gasteiger partial charge in [-0.05, 0) is 51.2 Å². The van der Waals surface area contributed by atoms with Crippen LogP contribution in [0, 0.1) is 0 Å². The van der Waals surface area contributed by atoms with Gasteiger partial charge in [0.05, 0.1) is 22.4 Å². The van der Waals surface area contributed by atoms with E-state index in [0.29, 0.717) is 12.1 Å². The quantitative estimate of drug-likeness (QED) is 0.666. The van der Waals surface area contributed by atoms with Gasteiger partial charge in [0.1, 0.15) is 11.9 Å². The molecule has 1 amide bonds. The Balaban J connectivity index is 1.94. The third-order valence-electron chi connectivity index (χ3n) is 5.34. The molecule has 10 heteroatoms. The van der Waals surface area contributed by atoms with Gasteiger partial charge in [0.25, 0.3) is 5.91 Å². The number of likely N-dealkylation sites (N-methyl/N-ethyl adjacent to an activating group) is 1. The maximum Gasteiger partial charge on any atom is 0.416 e. The number of aliphatic hydroxyl groups excluding tert-OH is 1. The number of alkyl halides is 3. The van der Waals surface area contributed by atoms with E-state index in [0.717, 1.165) is 12.1 Å². The molecule has 0 saturated heterocycles. The Morgan fingerprint density at radius 1 is 1.22 bits per heavy atom. The molecular weight excluding hydrogens is 445 g/mol. The number of hydrogen-bond acceptors (Lipinski definition) is 5. The summed E-state index contributed by atoms with van der Waals surface area (Å²) in [4.78, 5) is 24.9. The van der Waals surface area contributed by atoms with Crippen LogP contribution in [0.25, 0.3) is 0 Å². The molecule has 2 heterocycles. The number of amidine groups is 1. The van der Waals surface area contributed by atoms with Crippen LogP contribution in [0.3, 0.4) is 0 Å². The second-order valence-corrected chi connectivity index (χ2v) is 8.37. The number of pyridine rings is 1. The second-order valence-electron chi connectivity index (χ2n) is 7.97. The standard InChI is InChI=1S/C22H24ClF3N4O2/c1-13(2)29(3)12-16(31)10-19-21(32)30(15-6-4-14(5-7-15)22(24,25)26)20(28-19)17-8-9-27-11-18(17)23/h4-9,11,13,16,19,31H,10,12H2,1-3H3. The van der Waals surface area contributed by atoms with Crippen molar-refractivity contribution in [2.75, 3.05) is 18.5 Å². The van der Waals surface area contributed by atoms with Crippen molar-refractivity contribution in [3.05, 3.63) is 58.9 Å². The molecule has 3 rings (SSSR count). The van der Waals surface area contributed by atoms with Crippen LogP contribution in [0.15, 0.2) is 47.7 Å². The number of benzene rings is 1. The van der Waals surface area contributed by atoms with Crippen LogP contribution in [0.5, 0.6) is 0 Å². The predicted molar refractivity (Wildman–Crippen MR) is 117 cm³/mol. The molecule has 1 aromatic heterocycles. The molecule has 1 N–H and O–H groups in total. The summed E-state index contributed by atoms with van der Waals surface area (Å²) in [7, 11) is 1.87. The summed E-state index contributed by atoms with van der Waals surface area (Å²) >= 11 is 6.26. The summed E-state index contributed by atoms with van der Waals surface area (Å²) < 4.78 is 38.9. The van der Waals surface area contributed by atoms with Crippen LogP contribution in [-0.2, 0) is 11.0 Å². The van der Waals surface area contributed by atoms with Crippen LogP contribution in [-0.4, -0.2) is 58.5 Å². The molecule has 1 aliphatic heterocycles. The molecule has 1 aliphatic rings. The van der Waals surface area contributed by atoms with E-state index in [1.807, 2.05) is 25.8 Å². The van der Waals surface area contributed by atoms with Crippen molar-refractivity contribution in [2.45, 2.75) is 44.6 Å². The Hall–Kier alpha value is -2.49. The van der Waals surface area contributed by atoms with Gasteiger partial charge in [-0.25, -0.2) is 0 Å². The lowest BCUT2D eigenvalue weighted by molar-refractivity contribution is -0.137. The highest BCUT2D eigenvalue weighted by molar-refractivity contribution is 6.37. The minimum atomic E-state index is -4.49. The highest BCUT2D eigenvalue weighted by atomic mass is 35.5. The maximum atomic E-state index is 13.2. The molecule has 0 spiro atoms. The Morgan fingerprint density at radius 3 is 2.44 bits per heavy atom. The molecule has 1 aromatic carbocycles. The van der Waals surface area contributed by atoms with Crippen LogP contribution in [0.2, 0.25) is 5.02 Å². The maximum absolute atomic E-state index is 13.2. The van der Waals surface area contributed by atoms with Crippen molar-refractivity contribution in [3.63, 3.8) is 0 Å². The smallest absolute Gasteiger partial charge is 0.392 e. The van der Waals surface area contributed by atoms with Crippen molar-refractivity contribution < 1.29 is 23.1 Å². The summed E-state index contributed by atoms with van der Waals surface area (Å²) in [5.74, 6) is -0.240. The lowest BCUT2D eigenvalue weighted by atomic mass is 10.1. The summed E-state index contributed by atoms with van der Waals surface area (Å²) in [5, 5.41) is 10.7. The van der Waals surface area contributed by atoms with Crippen molar-refractivity contribution in [3.8, 4) is 0 Å². The first-order chi connectivity index (χ1) is 15.0. The van der Waals surface area contributed by atoms with Gasteiger partial charge in [-0.15, -0.1) is 0 Å². The molecular formula is C22H24ClF3N4O2. The molecule has 2 atom stereocenters. The van der Waals surface area contributed by atoms with Gasteiger partial charge >= 0.3 is 6.18 Å². The molecule has 32 heavy (non-hydrogen) atoms. The Morgan fingerprint density at radius 2 is 1.88 bits per heavy atom. The largest absolute Gasteiger partial charge is 0.416 e. The predicted octanol–water partition coefficient (Wildman–Crippen LogP) is 4.01. The van der Waals surface area contributed by atoms with E-state index in [4.69, 9.17) is 11.6 Å². The Labute approximate surface area is 189 Å². The first kappa shape index (κ1) is 24.2. The monoisotopic (exact) mass is 468 g/mol. The number of aromatic nitrogens is 1. The summed E-state index contributed by atoms with van der Waals surface area (Å²) in [6.07, 6.45) is -2.36. The van der Waals surface area contributed by atoms with Crippen LogP contribution >= 0.6 is 11.6 Å². The van der Waals surface area contributed by atoms with E-state index in [-0.39, 0.29) is 29.0 Å². The fourth-order valence-electron chi connectivity index (χ4n) is 3.34. The van der Waals surface area contributed by atoms with E-state index in [1.54, 1.807) is 6.07 Å². The van der Waals surface area contributed by atoms with E-state index < -0.39 is 29.8 Å². The molecule has 0 fully saturated rings. The number of amides is 1. The number of anilines is 1. The summed E-state index contributed by atoms with van der Waals surface area (Å²) in [6, 6.07) is 5.15. The molecule has 0 aliphatic carbocycles. The minimum absolute atomic E-state index is 0.0687. The zero-order chi connectivity index (χ0) is 23.6. The first-order valence-electron chi connectivity index (χ1n) is 10.1. The molecule has 2 aromatic rings. The number of nitrogens with zero attached hydrogens (tertiary/aromatic N) is 4. The lowest BCUT2D eigenvalue weighted by Gasteiger charge is -2.25. The number of hydrogen-bond donors (Lipinski definition) is 1. The number of aliphatic imine (C=N–C) groups is 1. The van der Waals surface area contributed by atoms with Gasteiger partial charge in [0.2, 0.25) is 0 Å². The molecule has 2 unspecified atom stereocenters. The number of rotatable bonds is 7. The van der Waals surface area contributed by atoms with Gasteiger partial charge in [0.15, 0.2) is 0 Å². The van der Waals surface area contributed by atoms with Gasteiger partial charge in [-0.1, -0.05) is 11.6 Å². The zero-order valence-electron chi connectivity index (χ0n) is 17.8. The summed E-state index contributed by atoms with van der Waals surface area (Å²) in [5.41, 5.74) is -0.172. The molecule has 6 nitrogen and oxygen atoms in total. The fraction of sp³-hybridized carbons (Fsp3) is 0.409. The van der Waals surface area contributed by atoms with E-state index in [1.165, 1.54) is 29.4 Å². The van der Waals surface area contributed by atoms with E-state index in [9.17, 15) is 23.1 Å². The van der Waals surface area contributed by atoms with Crippen molar-refractivity contribution >= 4 is 29.0 Å². The average Bonchev–Trinajstić information content (AvgIpc) is 3.03. The fourth-order valence-corrected chi connectivity index (χ4v) is 3.54. The van der Waals surface area contributed by atoms with Gasteiger partial charge in [-0.2, -0.15) is 13.2 Å². The third-order valence-corrected chi connectivity index (χ3v) is 5.64. The molecule has 0 radical (unpaired) electrons. The average molecular weight is 469 g/mol. The molecule has 0 saturated carbocycles. The van der Waals surface area contributed by atoms with Crippen molar-refractivity contribution in [2.24, 2.45) is 4.99 Å². The second kappa shape index (κ2) is 9.56. The van der Waals surface area contributed by atoms with Crippen LogP contribution in [0.4, 0.5) is 18.9 Å². The Kier molecular flexibility index (Phi) is 7.22. The topological polar surface area (TPSA) is 69.0 Å². The van der Waals surface area contributed by atoms with Crippen LogP contribution in [0.1, 0.15) is 31.4 Å². The highest BCUT2D eigenvalue weighted by Crippen LogP contribution is 2.33. The number of halogens is 4. The third kappa shape index (κ3) is 5.28. The van der Waals surface area contributed by atoms with E-state index in [2.05, 4.69) is 9.98 Å². The zero-order valence-corrected chi connectivity index (χ0v) is 18.6. The van der Waals surface area contributed by atoms with Gasteiger partial charge in [0, 0.05) is 37.0 Å². The molecule has 172 valence electrons. The molecule has 0 bridgehead atoms. The number of carbonyl (C=O) groups is 1.